The van der Waals surface area contributed by atoms with Crippen LogP contribution in [-0.4, -0.2) is 32.5 Å². The normalized spacial score (nSPS) is 12.0. The van der Waals surface area contributed by atoms with Gasteiger partial charge in [-0.3, -0.25) is 4.79 Å². The smallest absolute Gasteiger partial charge is 0.237 e. The van der Waals surface area contributed by atoms with E-state index in [9.17, 15) is 4.79 Å². The van der Waals surface area contributed by atoms with Crippen LogP contribution in [0, 0.1) is 0 Å². The van der Waals surface area contributed by atoms with Crippen molar-refractivity contribution in [1.82, 2.24) is 14.8 Å². The van der Waals surface area contributed by atoms with E-state index in [1.165, 1.54) is 28.1 Å². The van der Waals surface area contributed by atoms with E-state index < -0.39 is 0 Å². The van der Waals surface area contributed by atoms with Crippen LogP contribution in [0.2, 0.25) is 0 Å². The van der Waals surface area contributed by atoms with Crippen molar-refractivity contribution in [3.8, 4) is 5.75 Å². The van der Waals surface area contributed by atoms with Gasteiger partial charge in [0.15, 0.2) is 5.16 Å². The number of aromatic nitrogens is 3. The molecule has 0 bridgehead atoms. The highest BCUT2D eigenvalue weighted by atomic mass is 32.2. The zero-order valence-corrected chi connectivity index (χ0v) is 19.2. The number of hydrogen-bond donors (Lipinski definition) is 1. The van der Waals surface area contributed by atoms with Crippen molar-refractivity contribution < 1.29 is 9.53 Å². The quantitative estimate of drug-likeness (QED) is 0.382. The molecular weight excluding hydrogens is 420 g/mol. The van der Waals surface area contributed by atoms with Crippen LogP contribution in [0.15, 0.2) is 71.9 Å². The van der Waals surface area contributed by atoms with Gasteiger partial charge in [0.1, 0.15) is 11.6 Å². The first-order valence-electron chi connectivity index (χ1n) is 10.6. The van der Waals surface area contributed by atoms with Crippen LogP contribution >= 0.6 is 11.8 Å². The Kier molecular flexibility index (Phi) is 6.75. The summed E-state index contributed by atoms with van der Waals surface area (Å²) in [5.41, 5.74) is 1.94. The summed E-state index contributed by atoms with van der Waals surface area (Å²) < 4.78 is 7.40. The van der Waals surface area contributed by atoms with Crippen LogP contribution in [0.25, 0.3) is 10.8 Å². The number of carbonyl (C=O) groups is 1. The topological polar surface area (TPSA) is 69.0 Å². The average Bonchev–Trinajstić information content (AvgIpc) is 3.14. The highest BCUT2D eigenvalue weighted by Crippen LogP contribution is 2.25. The minimum absolute atomic E-state index is 0.0854. The fourth-order valence-corrected chi connectivity index (χ4v) is 4.31. The predicted octanol–water partition coefficient (Wildman–Crippen LogP) is 5.08. The lowest BCUT2D eigenvalue weighted by Crippen LogP contribution is -2.22. The Morgan fingerprint density at radius 2 is 1.81 bits per heavy atom. The molecule has 7 heteroatoms. The van der Waals surface area contributed by atoms with E-state index >= 15 is 0 Å². The maximum Gasteiger partial charge on any atom is 0.237 e. The number of fused-ring (bicyclic) bond motifs is 1. The molecule has 1 heterocycles. The molecule has 32 heavy (non-hydrogen) atoms. The molecule has 4 rings (SSSR count). The Morgan fingerprint density at radius 3 is 2.59 bits per heavy atom. The molecule has 0 aliphatic heterocycles. The number of ether oxygens (including phenoxy) is 1. The molecule has 0 radical (unpaired) electrons. The number of carbonyl (C=O) groups excluding carboxylic acids is 1. The zero-order chi connectivity index (χ0) is 22.5. The van der Waals surface area contributed by atoms with Crippen molar-refractivity contribution in [2.24, 2.45) is 7.05 Å². The molecule has 0 fully saturated rings. The number of thioether (sulfide) groups is 1. The van der Waals surface area contributed by atoms with E-state index in [2.05, 4.69) is 51.9 Å². The third-order valence-electron chi connectivity index (χ3n) is 5.24. The number of benzene rings is 3. The number of nitrogens with one attached hydrogen (secondary N) is 1. The summed E-state index contributed by atoms with van der Waals surface area (Å²) in [6.45, 7) is 4.42. The lowest BCUT2D eigenvalue weighted by molar-refractivity contribution is -0.115. The average molecular weight is 447 g/mol. The van der Waals surface area contributed by atoms with E-state index in [0.29, 0.717) is 13.0 Å². The van der Waals surface area contributed by atoms with E-state index in [-0.39, 0.29) is 11.2 Å². The maximum absolute atomic E-state index is 12.7. The third kappa shape index (κ3) is 4.94. The Hall–Kier alpha value is -3.32. The largest absolute Gasteiger partial charge is 0.494 e. The van der Waals surface area contributed by atoms with Crippen LogP contribution in [0.3, 0.4) is 0 Å². The summed E-state index contributed by atoms with van der Waals surface area (Å²) in [4.78, 5) is 12.7. The van der Waals surface area contributed by atoms with Crippen molar-refractivity contribution in [1.29, 1.82) is 0 Å². The molecule has 1 aromatic heterocycles. The Morgan fingerprint density at radius 1 is 1.06 bits per heavy atom. The fourth-order valence-electron chi connectivity index (χ4n) is 3.48. The molecular formula is C25H26N4O2S. The van der Waals surface area contributed by atoms with Crippen molar-refractivity contribution in [2.45, 2.75) is 30.7 Å². The first-order chi connectivity index (χ1) is 15.5. The van der Waals surface area contributed by atoms with Gasteiger partial charge in [-0.25, -0.2) is 0 Å². The minimum atomic E-state index is -0.324. The Bertz CT molecular complexity index is 1220. The van der Waals surface area contributed by atoms with Gasteiger partial charge < -0.3 is 14.6 Å². The number of hydrogen-bond acceptors (Lipinski definition) is 5. The molecule has 0 saturated carbocycles. The third-order valence-corrected chi connectivity index (χ3v) is 6.37. The lowest BCUT2D eigenvalue weighted by Gasteiger charge is -2.12. The van der Waals surface area contributed by atoms with Gasteiger partial charge in [-0.15, -0.1) is 10.2 Å². The van der Waals surface area contributed by atoms with Gasteiger partial charge in [0, 0.05) is 19.2 Å². The molecule has 6 nitrogen and oxygen atoms in total. The van der Waals surface area contributed by atoms with Crippen LogP contribution < -0.4 is 10.1 Å². The van der Waals surface area contributed by atoms with Gasteiger partial charge in [-0.05, 0) is 54.4 Å². The number of anilines is 1. The summed E-state index contributed by atoms with van der Waals surface area (Å²) in [5.74, 6) is 1.56. The predicted molar refractivity (Wildman–Crippen MR) is 129 cm³/mol. The van der Waals surface area contributed by atoms with Gasteiger partial charge in [0.2, 0.25) is 5.91 Å². The van der Waals surface area contributed by atoms with Gasteiger partial charge in [0.05, 0.1) is 11.9 Å². The second-order valence-electron chi connectivity index (χ2n) is 7.48. The van der Waals surface area contributed by atoms with Gasteiger partial charge in [0.25, 0.3) is 0 Å². The van der Waals surface area contributed by atoms with Crippen molar-refractivity contribution in [3.63, 3.8) is 0 Å². The SMILES string of the molecule is CCOc1ccc(NC(=O)C(C)Sc2nnc(Cc3cccc4ccccc34)n2C)cc1. The van der Waals surface area contributed by atoms with Crippen LogP contribution in [0.5, 0.6) is 5.75 Å². The molecule has 164 valence electrons. The zero-order valence-electron chi connectivity index (χ0n) is 18.4. The first kappa shape index (κ1) is 21.9. The summed E-state index contributed by atoms with van der Waals surface area (Å²) in [5, 5.41) is 14.5. The van der Waals surface area contributed by atoms with Crippen molar-refractivity contribution in [2.75, 3.05) is 11.9 Å². The van der Waals surface area contributed by atoms with E-state index in [4.69, 9.17) is 4.74 Å². The lowest BCUT2D eigenvalue weighted by atomic mass is 10.0. The number of amides is 1. The molecule has 0 aliphatic rings. The molecule has 0 saturated heterocycles. The molecule has 0 aliphatic carbocycles. The molecule has 0 spiro atoms. The van der Waals surface area contributed by atoms with Crippen molar-refractivity contribution in [3.05, 3.63) is 78.1 Å². The number of nitrogens with zero attached hydrogens (tertiary/aromatic N) is 3. The Balaban J connectivity index is 1.42. The standard InChI is InChI=1S/C25H26N4O2S/c1-4-31-21-14-12-20(13-15-21)26-24(30)17(2)32-25-28-27-23(29(25)3)16-19-10-7-9-18-8-5-6-11-22(18)19/h5-15,17H,4,16H2,1-3H3,(H,26,30). The molecule has 4 aromatic rings. The Labute approximate surface area is 192 Å². The van der Waals surface area contributed by atoms with Gasteiger partial charge >= 0.3 is 0 Å². The highest BCUT2D eigenvalue weighted by molar-refractivity contribution is 8.00. The monoisotopic (exact) mass is 446 g/mol. The maximum atomic E-state index is 12.7. The van der Waals surface area contributed by atoms with E-state index in [1.807, 2.05) is 55.8 Å². The van der Waals surface area contributed by atoms with E-state index in [1.54, 1.807) is 0 Å². The fraction of sp³-hybridized carbons (Fsp3) is 0.240. The first-order valence-corrected chi connectivity index (χ1v) is 11.5. The highest BCUT2D eigenvalue weighted by Gasteiger charge is 2.19. The summed E-state index contributed by atoms with van der Waals surface area (Å²) in [6.07, 6.45) is 0.679. The molecule has 1 N–H and O–H groups in total. The summed E-state index contributed by atoms with van der Waals surface area (Å²) >= 11 is 1.40. The second kappa shape index (κ2) is 9.87. The van der Waals surface area contributed by atoms with Crippen LogP contribution in [0.1, 0.15) is 25.2 Å². The minimum Gasteiger partial charge on any atom is -0.494 e. The van der Waals surface area contributed by atoms with E-state index in [0.717, 1.165) is 22.4 Å². The molecule has 1 atom stereocenters. The van der Waals surface area contributed by atoms with Crippen molar-refractivity contribution >= 4 is 34.1 Å². The molecule has 3 aromatic carbocycles. The molecule has 1 amide bonds. The summed E-state index contributed by atoms with van der Waals surface area (Å²) in [6, 6.07) is 22.0. The summed E-state index contributed by atoms with van der Waals surface area (Å²) in [7, 11) is 1.94. The van der Waals surface area contributed by atoms with Crippen LogP contribution in [-0.2, 0) is 18.3 Å². The second-order valence-corrected chi connectivity index (χ2v) is 8.79. The van der Waals surface area contributed by atoms with Gasteiger partial charge in [-0.1, -0.05) is 54.2 Å². The van der Waals surface area contributed by atoms with Gasteiger partial charge in [-0.2, -0.15) is 0 Å². The van der Waals surface area contributed by atoms with Crippen LogP contribution in [0.4, 0.5) is 5.69 Å². The molecule has 1 unspecified atom stereocenters. The number of rotatable bonds is 8.